The minimum absolute atomic E-state index is 0.0739. The molecule has 1 aliphatic carbocycles. The summed E-state index contributed by atoms with van der Waals surface area (Å²) in [6, 6.07) is 11.1. The molecule has 0 amide bonds. The van der Waals surface area contributed by atoms with Gasteiger partial charge in [0.15, 0.2) is 0 Å². The molecule has 1 aliphatic heterocycles. The van der Waals surface area contributed by atoms with Crippen LogP contribution in [0.3, 0.4) is 0 Å². The molecule has 2 heterocycles. The maximum absolute atomic E-state index is 13.3. The van der Waals surface area contributed by atoms with Crippen molar-refractivity contribution >= 4 is 0 Å². The first-order chi connectivity index (χ1) is 16.9. The zero-order valence-corrected chi connectivity index (χ0v) is 19.3. The highest BCUT2D eigenvalue weighted by Gasteiger charge is 2.62. The number of rotatable bonds is 6. The molecule has 2 unspecified atom stereocenters. The van der Waals surface area contributed by atoms with E-state index < -0.39 is 35.1 Å². The highest BCUT2D eigenvalue weighted by Crippen LogP contribution is 2.58. The van der Waals surface area contributed by atoms with E-state index in [-0.39, 0.29) is 23.8 Å². The van der Waals surface area contributed by atoms with Crippen molar-refractivity contribution < 1.29 is 31.1 Å². The molecule has 3 aromatic rings. The van der Waals surface area contributed by atoms with E-state index in [0.717, 1.165) is 24.1 Å². The van der Waals surface area contributed by atoms with Crippen LogP contribution >= 0.6 is 0 Å². The number of hydrogen-bond donors (Lipinski definition) is 1. The van der Waals surface area contributed by atoms with Gasteiger partial charge < -0.3 is 14.6 Å². The minimum Gasteiger partial charge on any atom is -0.372 e. The van der Waals surface area contributed by atoms with Crippen molar-refractivity contribution in [3.05, 3.63) is 83.4 Å². The Kier molecular flexibility index (Phi) is 5.90. The fourth-order valence-electron chi connectivity index (χ4n) is 5.25. The molecule has 5 nitrogen and oxygen atoms in total. The summed E-state index contributed by atoms with van der Waals surface area (Å²) in [6.07, 6.45) is -5.88. The molecule has 5 rings (SSSR count). The molecule has 11 heteroatoms. The van der Waals surface area contributed by atoms with Crippen LogP contribution in [0.1, 0.15) is 48.1 Å². The van der Waals surface area contributed by atoms with Gasteiger partial charge in [-0.05, 0) is 55.0 Å². The first-order valence-electron chi connectivity index (χ1n) is 11.5. The Bertz CT molecular complexity index is 1180. The van der Waals surface area contributed by atoms with Crippen LogP contribution in [0.25, 0.3) is 0 Å². The lowest BCUT2D eigenvalue weighted by Gasteiger charge is -2.42. The molecule has 1 saturated heterocycles. The lowest BCUT2D eigenvalue weighted by Crippen LogP contribution is -2.54. The van der Waals surface area contributed by atoms with Gasteiger partial charge in [0.2, 0.25) is 0 Å². The second-order valence-electron chi connectivity index (χ2n) is 9.67. The van der Waals surface area contributed by atoms with E-state index in [4.69, 9.17) is 4.74 Å². The molecule has 2 aliphatic rings. The number of ether oxygens (including phenoxy) is 1. The van der Waals surface area contributed by atoms with Crippen molar-refractivity contribution in [1.29, 1.82) is 0 Å². The third-order valence-corrected chi connectivity index (χ3v) is 7.45. The third-order valence-electron chi connectivity index (χ3n) is 7.45. The first-order valence-corrected chi connectivity index (χ1v) is 11.5. The second-order valence-corrected chi connectivity index (χ2v) is 9.67. The van der Waals surface area contributed by atoms with Crippen molar-refractivity contribution in [3.63, 3.8) is 0 Å². The van der Waals surface area contributed by atoms with Crippen LogP contribution in [0.4, 0.5) is 26.3 Å². The first kappa shape index (κ1) is 24.8. The lowest BCUT2D eigenvalue weighted by atomic mass is 9.81. The number of alkyl halides is 6. The fourth-order valence-corrected chi connectivity index (χ4v) is 5.25. The van der Waals surface area contributed by atoms with Gasteiger partial charge in [-0.2, -0.15) is 26.3 Å². The van der Waals surface area contributed by atoms with E-state index in [0.29, 0.717) is 18.9 Å². The van der Waals surface area contributed by atoms with Gasteiger partial charge in [0.05, 0.1) is 34.9 Å². The van der Waals surface area contributed by atoms with Crippen LogP contribution in [0, 0.1) is 5.92 Å². The molecule has 1 saturated carbocycles. The monoisotopic (exact) mass is 510 g/mol. The van der Waals surface area contributed by atoms with Gasteiger partial charge in [-0.15, -0.1) is 10.2 Å². The predicted molar refractivity (Wildman–Crippen MR) is 118 cm³/mol. The summed E-state index contributed by atoms with van der Waals surface area (Å²) in [7, 11) is 0. The Morgan fingerprint density at radius 2 is 1.58 bits per heavy atom. The number of hydrogen-bond acceptors (Lipinski definition) is 4. The number of fused-ring (bicyclic) bond motifs is 1. The number of nitrogens with zero attached hydrogens (tertiary/aromatic N) is 3. The standard InChI is InChI=1S/C25H24F6N4O/c1-16(17-7-19(24(26,27)28)9-20(8-17)25(29,30)31)36-13-22(18-5-3-2-4-6-18)10-21-11-23(21,12-32-22)35-14-33-34-15-35/h2-9,14-16,21,32H,10-13H2,1H3/t16?,21?,22-,23+/m1/s1. The smallest absolute Gasteiger partial charge is 0.372 e. The van der Waals surface area contributed by atoms with Crippen LogP contribution < -0.4 is 5.32 Å². The number of halogens is 6. The van der Waals surface area contributed by atoms with Crippen molar-refractivity contribution in [2.24, 2.45) is 5.92 Å². The SMILES string of the molecule is CC(OC[C@@]1(c2ccccc2)CC2C[C@]2(n2cnnc2)CN1)c1cc(C(F)(F)F)cc(C(F)(F)F)c1. The summed E-state index contributed by atoms with van der Waals surface area (Å²) in [5, 5.41) is 11.4. The molecule has 4 atom stereocenters. The predicted octanol–water partition coefficient (Wildman–Crippen LogP) is 5.70. The summed E-state index contributed by atoms with van der Waals surface area (Å²) in [4.78, 5) is 0. The van der Waals surface area contributed by atoms with Crippen molar-refractivity contribution in [2.75, 3.05) is 13.2 Å². The summed E-state index contributed by atoms with van der Waals surface area (Å²) in [5.74, 6) is 0.291. The molecule has 0 radical (unpaired) electrons. The number of piperidine rings is 1. The lowest BCUT2D eigenvalue weighted by molar-refractivity contribution is -0.143. The molecule has 2 fully saturated rings. The van der Waals surface area contributed by atoms with Crippen LogP contribution in [0.5, 0.6) is 0 Å². The van der Waals surface area contributed by atoms with E-state index >= 15 is 0 Å². The number of aromatic nitrogens is 3. The average molecular weight is 510 g/mol. The molecular weight excluding hydrogens is 486 g/mol. The van der Waals surface area contributed by atoms with Gasteiger partial charge in [-0.1, -0.05) is 30.3 Å². The molecule has 0 bridgehead atoms. The number of nitrogens with one attached hydrogen (secondary N) is 1. The van der Waals surface area contributed by atoms with Crippen molar-refractivity contribution in [2.45, 2.75) is 49.3 Å². The Labute approximate surface area is 203 Å². The Balaban J connectivity index is 1.40. The Morgan fingerprint density at radius 3 is 2.14 bits per heavy atom. The van der Waals surface area contributed by atoms with Gasteiger partial charge in [0, 0.05) is 6.54 Å². The third kappa shape index (κ3) is 4.50. The molecule has 2 aromatic carbocycles. The van der Waals surface area contributed by atoms with E-state index in [9.17, 15) is 26.3 Å². The summed E-state index contributed by atoms with van der Waals surface area (Å²) >= 11 is 0. The Morgan fingerprint density at radius 1 is 0.972 bits per heavy atom. The summed E-state index contributed by atoms with van der Waals surface area (Å²) in [5.41, 5.74) is -2.73. The topological polar surface area (TPSA) is 52.0 Å². The quantitative estimate of drug-likeness (QED) is 0.433. The molecule has 0 spiro atoms. The van der Waals surface area contributed by atoms with Crippen LogP contribution in [-0.4, -0.2) is 27.9 Å². The van der Waals surface area contributed by atoms with Crippen LogP contribution in [0.2, 0.25) is 0 Å². The fraction of sp³-hybridized carbons (Fsp3) is 0.440. The van der Waals surface area contributed by atoms with Crippen molar-refractivity contribution in [1.82, 2.24) is 20.1 Å². The maximum atomic E-state index is 13.3. The summed E-state index contributed by atoms with van der Waals surface area (Å²) < 4.78 is 88.0. The summed E-state index contributed by atoms with van der Waals surface area (Å²) in [6.45, 7) is 2.14. The van der Waals surface area contributed by atoms with Crippen LogP contribution in [-0.2, 0) is 28.2 Å². The Hall–Kier alpha value is -2.92. The van der Waals surface area contributed by atoms with Crippen molar-refractivity contribution in [3.8, 4) is 0 Å². The molecular formula is C25H24F6N4O. The van der Waals surface area contributed by atoms with Gasteiger partial charge in [0.25, 0.3) is 0 Å². The zero-order chi connectivity index (χ0) is 25.8. The van der Waals surface area contributed by atoms with E-state index in [1.54, 1.807) is 12.7 Å². The highest BCUT2D eigenvalue weighted by molar-refractivity contribution is 5.35. The molecule has 1 N–H and O–H groups in total. The molecule has 192 valence electrons. The van der Waals surface area contributed by atoms with Gasteiger partial charge in [0.1, 0.15) is 12.7 Å². The highest BCUT2D eigenvalue weighted by atomic mass is 19.4. The van der Waals surface area contributed by atoms with E-state index in [1.807, 2.05) is 34.9 Å². The second kappa shape index (κ2) is 8.58. The van der Waals surface area contributed by atoms with E-state index in [1.165, 1.54) is 6.92 Å². The maximum Gasteiger partial charge on any atom is 0.416 e. The van der Waals surface area contributed by atoms with Gasteiger partial charge in [-0.3, -0.25) is 0 Å². The van der Waals surface area contributed by atoms with E-state index in [2.05, 4.69) is 15.5 Å². The normalized spacial score (nSPS) is 26.9. The van der Waals surface area contributed by atoms with Gasteiger partial charge in [-0.25, -0.2) is 0 Å². The zero-order valence-electron chi connectivity index (χ0n) is 19.3. The number of benzene rings is 2. The largest absolute Gasteiger partial charge is 0.416 e. The van der Waals surface area contributed by atoms with Crippen LogP contribution in [0.15, 0.2) is 61.2 Å². The molecule has 1 aromatic heterocycles. The van der Waals surface area contributed by atoms with Gasteiger partial charge >= 0.3 is 12.4 Å². The molecule has 36 heavy (non-hydrogen) atoms. The average Bonchev–Trinajstić information content (AvgIpc) is 3.29. The minimum atomic E-state index is -4.91.